The van der Waals surface area contributed by atoms with Crippen molar-refractivity contribution in [2.45, 2.75) is 0 Å². The number of hydrogen-bond donors (Lipinski definition) is 0. The fourth-order valence-corrected chi connectivity index (χ4v) is 4.00. The molecular weight excluding hydrogens is 336 g/mol. The van der Waals surface area contributed by atoms with E-state index in [1.807, 2.05) is 0 Å². The zero-order valence-electron chi connectivity index (χ0n) is 15.5. The summed E-state index contributed by atoms with van der Waals surface area (Å²) in [5, 5.41) is 2.55. The van der Waals surface area contributed by atoms with Gasteiger partial charge < -0.3 is 0 Å². The van der Waals surface area contributed by atoms with Crippen LogP contribution in [0, 0.1) is 0 Å². The summed E-state index contributed by atoms with van der Waals surface area (Å²) in [5.74, 6) is 0. The van der Waals surface area contributed by atoms with Crippen molar-refractivity contribution in [2.24, 2.45) is 0 Å². The van der Waals surface area contributed by atoms with Crippen LogP contribution in [-0.4, -0.2) is 0 Å². The van der Waals surface area contributed by atoms with E-state index in [0.717, 1.165) is 0 Å². The first-order valence-electron chi connectivity index (χ1n) is 9.64. The molecule has 0 saturated carbocycles. The van der Waals surface area contributed by atoms with Crippen molar-refractivity contribution >= 4 is 10.8 Å². The second-order valence-electron chi connectivity index (χ2n) is 6.99. The number of fused-ring (bicyclic) bond motifs is 1. The summed E-state index contributed by atoms with van der Waals surface area (Å²) in [4.78, 5) is 0. The summed E-state index contributed by atoms with van der Waals surface area (Å²) >= 11 is 0. The SMILES string of the molecule is c1ccc(-c2cc3ccccc3c(-c3ccccc3)c2-c2ccccc2)cc1. The van der Waals surface area contributed by atoms with Gasteiger partial charge >= 0.3 is 0 Å². The minimum absolute atomic E-state index is 1.24. The highest BCUT2D eigenvalue weighted by Gasteiger charge is 2.17. The fourth-order valence-electron chi connectivity index (χ4n) is 4.00. The maximum atomic E-state index is 2.33. The van der Waals surface area contributed by atoms with E-state index in [4.69, 9.17) is 0 Å². The molecule has 0 heterocycles. The molecule has 0 unspecified atom stereocenters. The summed E-state index contributed by atoms with van der Waals surface area (Å²) < 4.78 is 0. The van der Waals surface area contributed by atoms with Crippen LogP contribution in [-0.2, 0) is 0 Å². The van der Waals surface area contributed by atoms with Gasteiger partial charge in [0.25, 0.3) is 0 Å². The Hall–Kier alpha value is -3.64. The molecule has 5 rings (SSSR count). The van der Waals surface area contributed by atoms with Crippen molar-refractivity contribution in [3.8, 4) is 33.4 Å². The molecule has 0 bridgehead atoms. The lowest BCUT2D eigenvalue weighted by Crippen LogP contribution is -1.92. The third-order valence-corrected chi connectivity index (χ3v) is 5.26. The van der Waals surface area contributed by atoms with Crippen LogP contribution in [0.2, 0.25) is 0 Å². The number of rotatable bonds is 3. The molecular formula is C28H20. The van der Waals surface area contributed by atoms with Crippen LogP contribution in [0.25, 0.3) is 44.2 Å². The third-order valence-electron chi connectivity index (χ3n) is 5.26. The van der Waals surface area contributed by atoms with Gasteiger partial charge in [0.1, 0.15) is 0 Å². The van der Waals surface area contributed by atoms with Gasteiger partial charge in [-0.1, -0.05) is 115 Å². The molecule has 0 aliphatic heterocycles. The Morgan fingerprint density at radius 3 is 1.43 bits per heavy atom. The first-order chi connectivity index (χ1) is 13.9. The highest BCUT2D eigenvalue weighted by molar-refractivity contribution is 6.09. The van der Waals surface area contributed by atoms with E-state index < -0.39 is 0 Å². The lowest BCUT2D eigenvalue weighted by Gasteiger charge is -2.19. The van der Waals surface area contributed by atoms with E-state index in [2.05, 4.69) is 121 Å². The topological polar surface area (TPSA) is 0 Å². The molecule has 0 N–H and O–H groups in total. The molecule has 0 spiro atoms. The Bertz CT molecular complexity index is 1220. The second-order valence-corrected chi connectivity index (χ2v) is 6.99. The average molecular weight is 356 g/mol. The monoisotopic (exact) mass is 356 g/mol. The fraction of sp³-hybridized carbons (Fsp3) is 0. The lowest BCUT2D eigenvalue weighted by molar-refractivity contribution is 1.58. The summed E-state index contributed by atoms with van der Waals surface area (Å²) in [5.41, 5.74) is 7.58. The Balaban J connectivity index is 1.97. The van der Waals surface area contributed by atoms with Crippen LogP contribution in [0.4, 0.5) is 0 Å². The van der Waals surface area contributed by atoms with Crippen molar-refractivity contribution in [2.75, 3.05) is 0 Å². The molecule has 0 aliphatic carbocycles. The highest BCUT2D eigenvalue weighted by Crippen LogP contribution is 2.44. The van der Waals surface area contributed by atoms with Crippen LogP contribution in [0.3, 0.4) is 0 Å². The van der Waals surface area contributed by atoms with Crippen LogP contribution in [0.15, 0.2) is 121 Å². The van der Waals surface area contributed by atoms with Crippen molar-refractivity contribution in [1.82, 2.24) is 0 Å². The predicted molar refractivity (Wildman–Crippen MR) is 120 cm³/mol. The van der Waals surface area contributed by atoms with Gasteiger partial charge in [-0.05, 0) is 50.2 Å². The molecule has 5 aromatic rings. The maximum Gasteiger partial charge on any atom is -0.00204 e. The minimum Gasteiger partial charge on any atom is -0.0622 e. The molecule has 0 aliphatic rings. The zero-order valence-corrected chi connectivity index (χ0v) is 15.5. The maximum absolute atomic E-state index is 2.33. The zero-order chi connectivity index (χ0) is 18.8. The summed E-state index contributed by atoms with van der Waals surface area (Å²) in [6.45, 7) is 0. The Labute approximate surface area is 165 Å². The highest BCUT2D eigenvalue weighted by atomic mass is 14.2. The molecule has 0 nitrogen and oxygen atoms in total. The molecule has 0 radical (unpaired) electrons. The van der Waals surface area contributed by atoms with Crippen LogP contribution in [0.5, 0.6) is 0 Å². The molecule has 0 atom stereocenters. The Morgan fingerprint density at radius 2 is 0.821 bits per heavy atom. The van der Waals surface area contributed by atoms with Gasteiger partial charge in [0.15, 0.2) is 0 Å². The van der Waals surface area contributed by atoms with Gasteiger partial charge in [0, 0.05) is 0 Å². The molecule has 28 heavy (non-hydrogen) atoms. The van der Waals surface area contributed by atoms with Gasteiger partial charge in [-0.15, -0.1) is 0 Å². The first-order valence-corrected chi connectivity index (χ1v) is 9.64. The lowest BCUT2D eigenvalue weighted by atomic mass is 9.84. The molecule has 0 aromatic heterocycles. The normalized spacial score (nSPS) is 10.9. The van der Waals surface area contributed by atoms with Crippen LogP contribution in [0.1, 0.15) is 0 Å². The molecule has 0 fully saturated rings. The minimum atomic E-state index is 1.24. The summed E-state index contributed by atoms with van der Waals surface area (Å²) in [7, 11) is 0. The van der Waals surface area contributed by atoms with E-state index in [9.17, 15) is 0 Å². The smallest absolute Gasteiger partial charge is 0.00204 e. The quantitative estimate of drug-likeness (QED) is 0.309. The van der Waals surface area contributed by atoms with Gasteiger partial charge in [0.2, 0.25) is 0 Å². The molecule has 5 aromatic carbocycles. The van der Waals surface area contributed by atoms with Gasteiger partial charge in [-0.25, -0.2) is 0 Å². The molecule has 0 saturated heterocycles. The van der Waals surface area contributed by atoms with E-state index in [1.54, 1.807) is 0 Å². The van der Waals surface area contributed by atoms with E-state index in [1.165, 1.54) is 44.2 Å². The largest absolute Gasteiger partial charge is 0.0622 e. The molecule has 132 valence electrons. The number of hydrogen-bond acceptors (Lipinski definition) is 0. The van der Waals surface area contributed by atoms with Crippen molar-refractivity contribution in [3.63, 3.8) is 0 Å². The van der Waals surface area contributed by atoms with Crippen molar-refractivity contribution in [3.05, 3.63) is 121 Å². The Kier molecular flexibility index (Phi) is 4.23. The molecule has 0 amide bonds. The van der Waals surface area contributed by atoms with Gasteiger partial charge in [0.05, 0.1) is 0 Å². The van der Waals surface area contributed by atoms with Gasteiger partial charge in [-0.2, -0.15) is 0 Å². The van der Waals surface area contributed by atoms with E-state index in [-0.39, 0.29) is 0 Å². The second kappa shape index (κ2) is 7.17. The summed E-state index contributed by atoms with van der Waals surface area (Å²) in [6.07, 6.45) is 0. The van der Waals surface area contributed by atoms with Crippen LogP contribution < -0.4 is 0 Å². The van der Waals surface area contributed by atoms with Crippen LogP contribution >= 0.6 is 0 Å². The van der Waals surface area contributed by atoms with E-state index in [0.29, 0.717) is 0 Å². The average Bonchev–Trinajstić information content (AvgIpc) is 2.79. The summed E-state index contributed by atoms with van der Waals surface area (Å²) in [6, 6.07) is 43.2. The molecule has 0 heteroatoms. The standard InChI is InChI=1S/C28H20/c1-4-12-21(13-5-1)26-20-24-18-10-11-19-25(24)27(22-14-6-2-7-15-22)28(26)23-16-8-3-9-17-23/h1-20H. The van der Waals surface area contributed by atoms with E-state index >= 15 is 0 Å². The predicted octanol–water partition coefficient (Wildman–Crippen LogP) is 7.84. The van der Waals surface area contributed by atoms with Crippen molar-refractivity contribution in [1.29, 1.82) is 0 Å². The first kappa shape index (κ1) is 16.5. The number of benzene rings is 5. The van der Waals surface area contributed by atoms with Gasteiger partial charge in [-0.3, -0.25) is 0 Å². The third kappa shape index (κ3) is 2.90. The Morgan fingerprint density at radius 1 is 0.357 bits per heavy atom. The van der Waals surface area contributed by atoms with Crippen molar-refractivity contribution < 1.29 is 0 Å².